The highest BCUT2D eigenvalue weighted by Crippen LogP contribution is 2.30. The van der Waals surface area contributed by atoms with E-state index in [1.807, 2.05) is 13.0 Å². The van der Waals surface area contributed by atoms with Crippen LogP contribution in [-0.4, -0.2) is 49.4 Å². The van der Waals surface area contributed by atoms with Crippen LogP contribution >= 0.6 is 0 Å². The van der Waals surface area contributed by atoms with Crippen LogP contribution in [0.2, 0.25) is 0 Å². The molecule has 0 bridgehead atoms. The Balaban J connectivity index is 1.78. The summed E-state index contributed by atoms with van der Waals surface area (Å²) in [4.78, 5) is 18.2. The molecule has 2 N–H and O–H groups in total. The molecule has 7 nitrogen and oxygen atoms in total. The average Bonchev–Trinajstić information content (AvgIpc) is 3.17. The van der Waals surface area contributed by atoms with Crippen LogP contribution in [0.5, 0.6) is 0 Å². The molecule has 0 spiro atoms. The summed E-state index contributed by atoms with van der Waals surface area (Å²) < 4.78 is 0. The molecular weight excluding hydrogens is 270 g/mol. The summed E-state index contributed by atoms with van der Waals surface area (Å²) in [5.41, 5.74) is 0.919. The SMILES string of the molecule is CCc1cncc(C(=O)N2CCC(O)(c3cn[nH]n3)C2)c1. The van der Waals surface area contributed by atoms with E-state index >= 15 is 0 Å². The Kier molecular flexibility index (Phi) is 3.42. The van der Waals surface area contributed by atoms with Crippen LogP contribution in [0.25, 0.3) is 0 Å². The molecule has 1 saturated heterocycles. The van der Waals surface area contributed by atoms with Crippen LogP contribution in [-0.2, 0) is 12.0 Å². The van der Waals surface area contributed by atoms with Gasteiger partial charge in [-0.25, -0.2) is 0 Å². The fraction of sp³-hybridized carbons (Fsp3) is 0.429. The highest BCUT2D eigenvalue weighted by molar-refractivity contribution is 5.94. The van der Waals surface area contributed by atoms with Crippen LogP contribution in [0.15, 0.2) is 24.7 Å². The highest BCUT2D eigenvalue weighted by Gasteiger charge is 2.41. The van der Waals surface area contributed by atoms with Crippen molar-refractivity contribution in [1.82, 2.24) is 25.3 Å². The second kappa shape index (κ2) is 5.25. The van der Waals surface area contributed by atoms with Crippen molar-refractivity contribution in [2.24, 2.45) is 0 Å². The van der Waals surface area contributed by atoms with Gasteiger partial charge in [-0.1, -0.05) is 6.92 Å². The van der Waals surface area contributed by atoms with Gasteiger partial charge in [0.2, 0.25) is 0 Å². The van der Waals surface area contributed by atoms with Gasteiger partial charge >= 0.3 is 0 Å². The van der Waals surface area contributed by atoms with Gasteiger partial charge in [0.05, 0.1) is 18.3 Å². The van der Waals surface area contributed by atoms with Gasteiger partial charge in [0, 0.05) is 25.4 Å². The lowest BCUT2D eigenvalue weighted by Crippen LogP contribution is -2.34. The Morgan fingerprint density at radius 2 is 2.33 bits per heavy atom. The molecule has 1 aliphatic rings. The summed E-state index contributed by atoms with van der Waals surface area (Å²) in [7, 11) is 0. The molecular formula is C14H17N5O2. The predicted octanol–water partition coefficient (Wildman–Crippen LogP) is 0.496. The summed E-state index contributed by atoms with van der Waals surface area (Å²) in [6.07, 6.45) is 6.10. The fourth-order valence-corrected chi connectivity index (χ4v) is 2.58. The molecule has 110 valence electrons. The summed E-state index contributed by atoms with van der Waals surface area (Å²) in [5.74, 6) is -0.114. The first kappa shape index (κ1) is 13.7. The van der Waals surface area contributed by atoms with Crippen LogP contribution < -0.4 is 0 Å². The molecule has 1 amide bonds. The summed E-state index contributed by atoms with van der Waals surface area (Å²) in [6, 6.07) is 1.85. The largest absolute Gasteiger partial charge is 0.381 e. The molecule has 3 heterocycles. The van der Waals surface area contributed by atoms with Gasteiger partial charge in [-0.15, -0.1) is 0 Å². The number of aromatic amines is 1. The van der Waals surface area contributed by atoms with Crippen molar-refractivity contribution in [1.29, 1.82) is 0 Å². The van der Waals surface area contributed by atoms with Crippen LogP contribution in [0.4, 0.5) is 0 Å². The van der Waals surface area contributed by atoms with E-state index in [0.29, 0.717) is 24.2 Å². The van der Waals surface area contributed by atoms with Crippen LogP contribution in [0.3, 0.4) is 0 Å². The van der Waals surface area contributed by atoms with Crippen molar-refractivity contribution in [3.63, 3.8) is 0 Å². The minimum absolute atomic E-state index is 0.114. The second-order valence-corrected chi connectivity index (χ2v) is 5.30. The molecule has 0 saturated carbocycles. The highest BCUT2D eigenvalue weighted by atomic mass is 16.3. The molecule has 0 aliphatic carbocycles. The maximum atomic E-state index is 12.5. The Bertz CT molecular complexity index is 643. The zero-order valence-electron chi connectivity index (χ0n) is 11.8. The van der Waals surface area contributed by atoms with E-state index in [1.54, 1.807) is 17.3 Å². The number of carbonyl (C=O) groups excluding carboxylic acids is 1. The molecule has 1 atom stereocenters. The van der Waals surface area contributed by atoms with E-state index in [0.717, 1.165) is 12.0 Å². The van der Waals surface area contributed by atoms with Crippen molar-refractivity contribution in [2.75, 3.05) is 13.1 Å². The van der Waals surface area contributed by atoms with E-state index in [4.69, 9.17) is 0 Å². The number of aliphatic hydroxyl groups is 1. The molecule has 3 rings (SSSR count). The first-order valence-corrected chi connectivity index (χ1v) is 6.94. The maximum Gasteiger partial charge on any atom is 0.255 e. The van der Waals surface area contributed by atoms with Gasteiger partial charge in [-0.3, -0.25) is 9.78 Å². The quantitative estimate of drug-likeness (QED) is 0.857. The lowest BCUT2D eigenvalue weighted by Gasteiger charge is -2.21. The van der Waals surface area contributed by atoms with Crippen molar-refractivity contribution in [2.45, 2.75) is 25.4 Å². The van der Waals surface area contributed by atoms with Gasteiger partial charge in [0.15, 0.2) is 0 Å². The Labute approximate surface area is 122 Å². The van der Waals surface area contributed by atoms with Gasteiger partial charge < -0.3 is 10.0 Å². The number of pyridine rings is 1. The van der Waals surface area contributed by atoms with Crippen molar-refractivity contribution >= 4 is 5.91 Å². The standard InChI is InChI=1S/C14H17N5O2/c1-2-10-5-11(7-15-6-10)13(20)19-4-3-14(21,9-19)12-8-16-18-17-12/h5-8,21H,2-4,9H2,1H3,(H,16,17,18). The van der Waals surface area contributed by atoms with Gasteiger partial charge in [0.1, 0.15) is 11.3 Å². The Hall–Kier alpha value is -2.28. The zero-order chi connectivity index (χ0) is 14.9. The zero-order valence-corrected chi connectivity index (χ0v) is 11.8. The lowest BCUT2D eigenvalue weighted by molar-refractivity contribution is 0.0382. The molecule has 2 aromatic rings. The average molecular weight is 287 g/mol. The lowest BCUT2D eigenvalue weighted by atomic mass is 10.00. The van der Waals surface area contributed by atoms with E-state index in [2.05, 4.69) is 20.4 Å². The third kappa shape index (κ3) is 2.52. The Morgan fingerprint density at radius 1 is 1.48 bits per heavy atom. The summed E-state index contributed by atoms with van der Waals surface area (Å²) >= 11 is 0. The van der Waals surface area contributed by atoms with Crippen LogP contribution in [0, 0.1) is 0 Å². The maximum absolute atomic E-state index is 12.5. The minimum atomic E-state index is -1.13. The summed E-state index contributed by atoms with van der Waals surface area (Å²) in [6.45, 7) is 2.72. The number of H-pyrrole nitrogens is 1. The molecule has 1 fully saturated rings. The smallest absolute Gasteiger partial charge is 0.255 e. The van der Waals surface area contributed by atoms with Gasteiger partial charge in [-0.05, 0) is 18.1 Å². The van der Waals surface area contributed by atoms with Crippen molar-refractivity contribution in [3.8, 4) is 0 Å². The molecule has 1 unspecified atom stereocenters. The first-order chi connectivity index (χ1) is 10.1. The van der Waals surface area contributed by atoms with Gasteiger partial charge in [-0.2, -0.15) is 15.4 Å². The monoisotopic (exact) mass is 287 g/mol. The predicted molar refractivity (Wildman–Crippen MR) is 74.4 cm³/mol. The number of aryl methyl sites for hydroxylation is 1. The third-order valence-corrected chi connectivity index (χ3v) is 3.88. The first-order valence-electron chi connectivity index (χ1n) is 6.94. The van der Waals surface area contributed by atoms with Crippen molar-refractivity contribution in [3.05, 3.63) is 41.5 Å². The number of rotatable bonds is 3. The normalized spacial score (nSPS) is 21.7. The molecule has 1 aliphatic heterocycles. The number of nitrogens with zero attached hydrogens (tertiary/aromatic N) is 4. The number of aromatic nitrogens is 4. The topological polar surface area (TPSA) is 95.0 Å². The minimum Gasteiger partial charge on any atom is -0.381 e. The molecule has 0 radical (unpaired) electrons. The van der Waals surface area contributed by atoms with E-state index in [1.165, 1.54) is 6.20 Å². The number of β-amino-alcohol motifs (C(OH)–C–C–N with tert-alkyl or cyclic N) is 1. The van der Waals surface area contributed by atoms with Crippen LogP contribution in [0.1, 0.15) is 35.0 Å². The number of hydrogen-bond acceptors (Lipinski definition) is 5. The number of carbonyl (C=O) groups is 1. The van der Waals surface area contributed by atoms with Crippen molar-refractivity contribution < 1.29 is 9.90 Å². The molecule has 2 aromatic heterocycles. The second-order valence-electron chi connectivity index (χ2n) is 5.30. The molecule has 7 heteroatoms. The Morgan fingerprint density at radius 3 is 3.05 bits per heavy atom. The molecule has 0 aromatic carbocycles. The van der Waals surface area contributed by atoms with E-state index in [-0.39, 0.29) is 12.5 Å². The van der Waals surface area contributed by atoms with E-state index < -0.39 is 5.60 Å². The van der Waals surface area contributed by atoms with E-state index in [9.17, 15) is 9.90 Å². The van der Waals surface area contributed by atoms with Gasteiger partial charge in [0.25, 0.3) is 5.91 Å². The molecule has 21 heavy (non-hydrogen) atoms. The fourth-order valence-electron chi connectivity index (χ4n) is 2.58. The third-order valence-electron chi connectivity index (χ3n) is 3.88. The number of likely N-dealkylation sites (tertiary alicyclic amines) is 1. The summed E-state index contributed by atoms with van der Waals surface area (Å²) in [5, 5.41) is 20.7. The number of hydrogen-bond donors (Lipinski definition) is 2. The number of nitrogens with one attached hydrogen (secondary N) is 1. The number of amides is 1.